The average molecular weight is 374 g/mol. The molecule has 2 aromatic carbocycles. The number of para-hydroxylation sites is 2. The molecule has 0 radical (unpaired) electrons. The van der Waals surface area contributed by atoms with Crippen LogP contribution in [0.1, 0.15) is 5.56 Å². The van der Waals surface area contributed by atoms with Crippen LogP contribution in [0.2, 0.25) is 5.02 Å². The number of nitrogens with zero attached hydrogens (tertiary/aromatic N) is 3. The molecule has 0 saturated carbocycles. The highest BCUT2D eigenvalue weighted by atomic mass is 35.5. The maximum Gasteiger partial charge on any atom is 0.312 e. The van der Waals surface area contributed by atoms with E-state index in [9.17, 15) is 20.0 Å². The number of imidazole rings is 1. The Balaban J connectivity index is 2.01. The number of phenols is 1. The van der Waals surface area contributed by atoms with Gasteiger partial charge in [-0.15, -0.1) is 0 Å². The third-order valence-corrected chi connectivity index (χ3v) is 4.90. The van der Waals surface area contributed by atoms with Crippen molar-refractivity contribution in [2.24, 2.45) is 0 Å². The molecule has 124 valence electrons. The van der Waals surface area contributed by atoms with E-state index < -0.39 is 16.4 Å². The van der Waals surface area contributed by atoms with Gasteiger partial charge in [-0.25, -0.2) is 9.38 Å². The van der Waals surface area contributed by atoms with Crippen LogP contribution >= 0.6 is 22.9 Å². The minimum Gasteiger partial charge on any atom is -0.502 e. The second kappa shape index (κ2) is 5.54. The summed E-state index contributed by atoms with van der Waals surface area (Å²) in [7, 11) is 0. The number of hydrogen-bond acceptors (Lipinski definition) is 6. The molecule has 2 aromatic heterocycles. The maximum atomic E-state index is 12.7. The Bertz CT molecular complexity index is 1280. The first kappa shape index (κ1) is 15.6. The number of rotatable bonds is 2. The summed E-state index contributed by atoms with van der Waals surface area (Å²) >= 11 is 7.01. The van der Waals surface area contributed by atoms with Crippen molar-refractivity contribution >= 4 is 50.7 Å². The van der Waals surface area contributed by atoms with E-state index in [1.165, 1.54) is 16.5 Å². The van der Waals surface area contributed by atoms with Crippen LogP contribution in [-0.4, -0.2) is 19.4 Å². The molecule has 0 amide bonds. The first-order valence-electron chi connectivity index (χ1n) is 7.04. The quantitative estimate of drug-likeness (QED) is 0.430. The molecule has 0 spiro atoms. The van der Waals surface area contributed by atoms with Crippen molar-refractivity contribution in [2.45, 2.75) is 0 Å². The number of nitro groups is 1. The third-order valence-electron chi connectivity index (χ3n) is 3.71. The van der Waals surface area contributed by atoms with Gasteiger partial charge in [0.2, 0.25) is 5.75 Å². The molecule has 4 rings (SSSR count). The summed E-state index contributed by atoms with van der Waals surface area (Å²) in [6, 6.07) is 9.66. The number of aromatic nitrogens is 2. The normalized spacial score (nSPS) is 12.3. The number of hydrogen-bond donors (Lipinski definition) is 1. The second-order valence-corrected chi connectivity index (χ2v) is 6.70. The van der Waals surface area contributed by atoms with Crippen LogP contribution in [-0.2, 0) is 0 Å². The number of fused-ring (bicyclic) bond motifs is 3. The zero-order valence-electron chi connectivity index (χ0n) is 12.3. The van der Waals surface area contributed by atoms with Gasteiger partial charge in [0, 0.05) is 16.7 Å². The van der Waals surface area contributed by atoms with Gasteiger partial charge in [-0.2, -0.15) is 0 Å². The highest BCUT2D eigenvalue weighted by Crippen LogP contribution is 2.33. The van der Waals surface area contributed by atoms with E-state index in [-0.39, 0.29) is 16.1 Å². The van der Waals surface area contributed by atoms with Crippen LogP contribution in [0.5, 0.6) is 5.75 Å². The molecular weight excluding hydrogens is 366 g/mol. The molecule has 0 aliphatic carbocycles. The summed E-state index contributed by atoms with van der Waals surface area (Å²) in [5.41, 5.74) is 0.664. The van der Waals surface area contributed by atoms with Gasteiger partial charge < -0.3 is 5.11 Å². The molecule has 2 heterocycles. The SMILES string of the molecule is O=c1/c(=C/c2cc(Cl)cc([N+](=O)[O-])c2O)sc2nc3ccccc3n12. The zero-order valence-corrected chi connectivity index (χ0v) is 13.9. The van der Waals surface area contributed by atoms with Crippen LogP contribution in [0.15, 0.2) is 41.2 Å². The molecule has 0 unspecified atom stereocenters. The first-order valence-corrected chi connectivity index (χ1v) is 8.24. The molecule has 0 fully saturated rings. The number of halogens is 1. The number of benzene rings is 2. The van der Waals surface area contributed by atoms with Crippen LogP contribution in [0.3, 0.4) is 0 Å². The molecular formula is C16H8ClN3O4S. The average Bonchev–Trinajstić information content (AvgIpc) is 3.07. The van der Waals surface area contributed by atoms with Gasteiger partial charge in [-0.05, 0) is 24.3 Å². The zero-order chi connectivity index (χ0) is 17.7. The molecule has 25 heavy (non-hydrogen) atoms. The smallest absolute Gasteiger partial charge is 0.312 e. The summed E-state index contributed by atoms with van der Waals surface area (Å²) in [4.78, 5) is 27.8. The van der Waals surface area contributed by atoms with E-state index in [4.69, 9.17) is 11.6 Å². The molecule has 0 atom stereocenters. The Morgan fingerprint density at radius 2 is 2.08 bits per heavy atom. The maximum absolute atomic E-state index is 12.7. The lowest BCUT2D eigenvalue weighted by atomic mass is 10.1. The molecule has 0 saturated heterocycles. The summed E-state index contributed by atoms with van der Waals surface area (Å²) in [5, 5.41) is 21.2. The monoisotopic (exact) mass is 373 g/mol. The lowest BCUT2D eigenvalue weighted by Crippen LogP contribution is -2.22. The van der Waals surface area contributed by atoms with Gasteiger partial charge in [0.1, 0.15) is 0 Å². The second-order valence-electron chi connectivity index (χ2n) is 5.25. The summed E-state index contributed by atoms with van der Waals surface area (Å²) < 4.78 is 1.77. The summed E-state index contributed by atoms with van der Waals surface area (Å²) in [5.74, 6) is -0.537. The summed E-state index contributed by atoms with van der Waals surface area (Å²) in [6.07, 6.45) is 1.38. The Hall–Kier alpha value is -2.97. The fraction of sp³-hybridized carbons (Fsp3) is 0. The van der Waals surface area contributed by atoms with Gasteiger partial charge in [0.05, 0.1) is 20.5 Å². The minimum absolute atomic E-state index is 0.0926. The number of phenolic OH excluding ortho intramolecular Hbond substituents is 1. The Labute approximate surface area is 148 Å². The fourth-order valence-electron chi connectivity index (χ4n) is 2.61. The summed E-state index contributed by atoms with van der Waals surface area (Å²) in [6.45, 7) is 0. The predicted molar refractivity (Wildman–Crippen MR) is 95.4 cm³/mol. The molecule has 1 N–H and O–H groups in total. The first-order chi connectivity index (χ1) is 12.0. The van der Waals surface area contributed by atoms with Gasteiger partial charge in [-0.1, -0.05) is 35.1 Å². The molecule has 9 heteroatoms. The van der Waals surface area contributed by atoms with E-state index in [0.717, 1.165) is 17.4 Å². The van der Waals surface area contributed by atoms with E-state index in [1.807, 2.05) is 18.2 Å². The van der Waals surface area contributed by atoms with Gasteiger partial charge in [0.15, 0.2) is 4.96 Å². The number of thiazole rings is 1. The van der Waals surface area contributed by atoms with Crippen molar-refractivity contribution < 1.29 is 10.0 Å². The van der Waals surface area contributed by atoms with Gasteiger partial charge >= 0.3 is 5.69 Å². The van der Waals surface area contributed by atoms with Gasteiger partial charge in [-0.3, -0.25) is 14.9 Å². The minimum atomic E-state index is -0.731. The molecule has 0 aliphatic heterocycles. The van der Waals surface area contributed by atoms with Crippen LogP contribution in [0.4, 0.5) is 5.69 Å². The van der Waals surface area contributed by atoms with Crippen molar-refractivity contribution in [3.05, 3.63) is 72.0 Å². The lowest BCUT2D eigenvalue weighted by molar-refractivity contribution is -0.385. The highest BCUT2D eigenvalue weighted by Gasteiger charge is 2.18. The predicted octanol–water partition coefficient (Wildman–Crippen LogP) is 2.72. The molecule has 0 aliphatic rings. The van der Waals surface area contributed by atoms with Gasteiger partial charge in [0.25, 0.3) is 5.56 Å². The van der Waals surface area contributed by atoms with Crippen molar-refractivity contribution in [2.75, 3.05) is 0 Å². The number of aromatic hydroxyl groups is 1. The molecule has 0 bridgehead atoms. The Morgan fingerprint density at radius 3 is 2.84 bits per heavy atom. The Morgan fingerprint density at radius 1 is 1.32 bits per heavy atom. The van der Waals surface area contributed by atoms with Crippen LogP contribution < -0.4 is 10.1 Å². The third kappa shape index (κ3) is 2.43. The van der Waals surface area contributed by atoms with E-state index in [0.29, 0.717) is 20.5 Å². The van der Waals surface area contributed by atoms with E-state index >= 15 is 0 Å². The van der Waals surface area contributed by atoms with Crippen molar-refractivity contribution in [3.63, 3.8) is 0 Å². The molecule has 7 nitrogen and oxygen atoms in total. The van der Waals surface area contributed by atoms with E-state index in [2.05, 4.69) is 4.98 Å². The van der Waals surface area contributed by atoms with Crippen LogP contribution in [0.25, 0.3) is 22.1 Å². The van der Waals surface area contributed by atoms with Crippen LogP contribution in [0, 0.1) is 10.1 Å². The largest absolute Gasteiger partial charge is 0.502 e. The van der Waals surface area contributed by atoms with Crippen molar-refractivity contribution in [3.8, 4) is 5.75 Å². The fourth-order valence-corrected chi connectivity index (χ4v) is 3.81. The standard InChI is InChI=1S/C16H8ClN3O4S/c17-9-5-8(14(21)12(7-9)20(23)24)6-13-15(22)19-11-4-2-1-3-10(11)18-16(19)25-13/h1-7,21H/b13-6-. The van der Waals surface area contributed by atoms with Crippen molar-refractivity contribution in [1.29, 1.82) is 0 Å². The number of nitro benzene ring substituents is 1. The lowest BCUT2D eigenvalue weighted by Gasteiger charge is -2.01. The van der Waals surface area contributed by atoms with Crippen molar-refractivity contribution in [1.82, 2.24) is 9.38 Å². The topological polar surface area (TPSA) is 97.7 Å². The molecule has 4 aromatic rings. The Kier molecular flexibility index (Phi) is 3.45. The van der Waals surface area contributed by atoms with E-state index in [1.54, 1.807) is 6.07 Å². The highest BCUT2D eigenvalue weighted by molar-refractivity contribution is 7.15.